The van der Waals surface area contributed by atoms with Crippen molar-refractivity contribution < 1.29 is 150 Å². The Hall–Kier alpha value is -4.53. The number of Topliss-reactive ketones (excluding diaryl/α,β-unsaturated/α-hetero) is 2. The van der Waals surface area contributed by atoms with Crippen LogP contribution in [0.2, 0.25) is 0 Å². The Morgan fingerprint density at radius 2 is 0.662 bits per heavy atom. The number of nitrogens with two attached hydrogens (primary N) is 1. The fourth-order valence-corrected chi connectivity index (χ4v) is 15.6. The lowest BCUT2D eigenvalue weighted by atomic mass is 9.97. The molecule has 16 unspecified atom stereocenters. The Labute approximate surface area is 773 Å². The lowest BCUT2D eigenvalue weighted by molar-refractivity contribution is -0.270. The first-order valence-corrected chi connectivity index (χ1v) is 50.0. The number of carbonyl (C=O) groups excluding carboxylic acids is 8. The molecule has 3 heterocycles. The van der Waals surface area contributed by atoms with E-state index >= 15 is 0 Å². The highest BCUT2D eigenvalue weighted by atomic mass is 31.2. The lowest BCUT2D eigenvalue weighted by Gasteiger charge is -2.42. The lowest BCUT2D eigenvalue weighted by Crippen LogP contribution is -2.64. The standard InChI is InChI=1S/C82H150N6O27.C7H18NO4P.C2H6/c1-59(92)85-70-76(103)73(100)64(52-89)113-79(70)110-46-34-28-22-16-10-5-7-13-19-25-31-38-62(95)42-49-107-55-82(88-69(99)41-37-40-67(97)84-58-106-4,56-108-50-43-63(96)39-32-26-20-14-8-6-11-17-23-29-35-47-111-80-71(86-60(2)93)77(104)74(101)65(53-90)114-80)57-109-51-44-68(98)83-45-33-27-21-15-9-12-18-24-30-36-48-112-81-72(87-61(3)94)78(105)75(102)66(54-91)115-81;1-11-13(9,10)12-7-5-3-2-4-6-8;1-2/h64-66,70-81,89-91,100-105H,5-58H2,1-4H3,(H,83,98)(H,84,97)(H,85,92)(H,86,93)(H,87,94)(H,88,99);2-8H2,1H3,(H,9,10);1-2H3. The predicted molar refractivity (Wildman–Crippen MR) is 487 cm³/mol. The highest BCUT2D eigenvalue weighted by molar-refractivity contribution is 7.47. The number of rotatable bonds is 80. The third kappa shape index (κ3) is 60.1. The summed E-state index contributed by atoms with van der Waals surface area (Å²) < 4.78 is 77.5. The molecule has 39 heteroatoms. The highest BCUT2D eigenvalue weighted by Crippen LogP contribution is 2.42. The van der Waals surface area contributed by atoms with E-state index in [0.717, 1.165) is 238 Å². The van der Waals surface area contributed by atoms with Crippen molar-refractivity contribution in [3.63, 3.8) is 0 Å². The van der Waals surface area contributed by atoms with Crippen LogP contribution in [0.25, 0.3) is 0 Å². The number of hydrogen-bond donors (Lipinski definition) is 17. The second-order valence-electron chi connectivity index (χ2n) is 34.0. The van der Waals surface area contributed by atoms with Crippen molar-refractivity contribution in [1.29, 1.82) is 0 Å². The van der Waals surface area contributed by atoms with Gasteiger partial charge in [-0.05, 0) is 64.3 Å². The van der Waals surface area contributed by atoms with Crippen molar-refractivity contribution in [3.8, 4) is 0 Å². The van der Waals surface area contributed by atoms with Gasteiger partial charge in [0.1, 0.15) is 96.9 Å². The van der Waals surface area contributed by atoms with Crippen LogP contribution in [-0.2, 0) is 99.3 Å². The number of carbonyl (C=O) groups is 8. The molecule has 764 valence electrons. The Morgan fingerprint density at radius 1 is 0.362 bits per heavy atom. The highest BCUT2D eigenvalue weighted by Gasteiger charge is 2.48. The van der Waals surface area contributed by atoms with Gasteiger partial charge in [0.25, 0.3) is 0 Å². The average molecular weight is 1890 g/mol. The Bertz CT molecular complexity index is 2690. The second kappa shape index (κ2) is 79.5. The molecule has 3 saturated heterocycles. The van der Waals surface area contributed by atoms with Crippen LogP contribution in [0.1, 0.15) is 317 Å². The number of nitrogens with one attached hydrogen (secondary N) is 6. The summed E-state index contributed by atoms with van der Waals surface area (Å²) in [6.45, 7) is 8.68. The van der Waals surface area contributed by atoms with Gasteiger partial charge in [-0.1, -0.05) is 194 Å². The molecule has 0 aromatic rings. The number of phosphoric ester groups is 1. The minimum Gasteiger partial charge on any atom is -0.394 e. The molecule has 3 aliphatic rings. The van der Waals surface area contributed by atoms with Crippen LogP contribution in [0.5, 0.6) is 0 Å². The van der Waals surface area contributed by atoms with Gasteiger partial charge in [-0.2, -0.15) is 0 Å². The maximum atomic E-state index is 13.8. The van der Waals surface area contributed by atoms with Gasteiger partial charge >= 0.3 is 7.82 Å². The third-order valence-electron chi connectivity index (χ3n) is 22.6. The van der Waals surface area contributed by atoms with Crippen LogP contribution < -0.4 is 37.6 Å². The molecule has 3 rings (SSSR count). The second-order valence-corrected chi connectivity index (χ2v) is 35.5. The fourth-order valence-electron chi connectivity index (χ4n) is 15.1. The maximum absolute atomic E-state index is 13.8. The quantitative estimate of drug-likeness (QED) is 0.0172. The monoisotopic (exact) mass is 1890 g/mol. The molecule has 6 amide bonds. The molecule has 0 bridgehead atoms. The van der Waals surface area contributed by atoms with Crippen molar-refractivity contribution in [2.75, 3.05) is 120 Å². The van der Waals surface area contributed by atoms with Crippen LogP contribution in [0.4, 0.5) is 0 Å². The van der Waals surface area contributed by atoms with E-state index < -0.39 is 149 Å². The largest absolute Gasteiger partial charge is 0.471 e. The molecule has 3 fully saturated rings. The van der Waals surface area contributed by atoms with Crippen LogP contribution in [0.15, 0.2) is 0 Å². The molecule has 0 aromatic carbocycles. The van der Waals surface area contributed by atoms with Crippen LogP contribution in [0, 0.1) is 0 Å². The number of phosphoric acid groups is 1. The number of aliphatic hydroxyl groups excluding tert-OH is 9. The number of amides is 6. The zero-order valence-electron chi connectivity index (χ0n) is 79.7. The minimum atomic E-state index is -3.75. The summed E-state index contributed by atoms with van der Waals surface area (Å²) in [5.74, 6) is -1.97. The van der Waals surface area contributed by atoms with E-state index in [1.54, 1.807) is 0 Å². The Balaban J connectivity index is 0.00000514. The summed E-state index contributed by atoms with van der Waals surface area (Å²) in [6, 6.07) is -2.89. The summed E-state index contributed by atoms with van der Waals surface area (Å²) in [5, 5.41) is 107. The van der Waals surface area contributed by atoms with Crippen molar-refractivity contribution in [1.82, 2.24) is 31.9 Å². The first-order chi connectivity index (χ1) is 62.6. The first-order valence-electron chi connectivity index (χ1n) is 48.5. The van der Waals surface area contributed by atoms with Gasteiger partial charge in [-0.3, -0.25) is 47.4 Å². The SMILES string of the molecule is CC.COCNC(=O)CCCC(=O)NC(COCCC(=O)CCCCCCCCCCCCCOC1OC(CO)C(O)C(O)C1NC(C)=O)(COCCC(=O)CCCCCCCCCCCCCOC1OC(CO)C(O)C(O)C1NC(C)=O)COCCC(=O)NCCCCCCCCCCCCOC1OC(CO)C(O)C(O)C1NC(C)=O.COP(=O)(O)OCCCCCCN. The maximum Gasteiger partial charge on any atom is 0.471 e. The van der Waals surface area contributed by atoms with Crippen LogP contribution in [0.3, 0.4) is 0 Å². The van der Waals surface area contributed by atoms with E-state index in [1.807, 2.05) is 13.8 Å². The predicted octanol–water partition coefficient (Wildman–Crippen LogP) is 6.65. The van der Waals surface area contributed by atoms with E-state index in [-0.39, 0.29) is 115 Å². The summed E-state index contributed by atoms with van der Waals surface area (Å²) in [5.41, 5.74) is 4.00. The van der Waals surface area contributed by atoms with Gasteiger partial charge in [0.2, 0.25) is 35.4 Å². The smallest absolute Gasteiger partial charge is 0.394 e. The molecular formula is C91H174N7O31P. The Morgan fingerprint density at radius 3 is 0.985 bits per heavy atom. The number of ketones is 2. The number of unbranched alkanes of at least 4 members (excludes halogenated alkanes) is 32. The molecule has 18 N–H and O–H groups in total. The Kier molecular flexibility index (Phi) is 75.5. The normalized spacial score (nSPS) is 22.9. The third-order valence-corrected chi connectivity index (χ3v) is 23.5. The van der Waals surface area contributed by atoms with Gasteiger partial charge in [-0.15, -0.1) is 0 Å². The number of methoxy groups -OCH3 is 1. The first kappa shape index (κ1) is 123. The van der Waals surface area contributed by atoms with E-state index in [2.05, 4.69) is 40.9 Å². The summed E-state index contributed by atoms with van der Waals surface area (Å²) in [6.07, 6.45) is 22.3. The molecule has 0 aliphatic carbocycles. The average Bonchev–Trinajstić information content (AvgIpc) is 0.818. The number of ether oxygens (including phenoxy) is 10. The van der Waals surface area contributed by atoms with Crippen LogP contribution in [-0.4, -0.2) is 315 Å². The van der Waals surface area contributed by atoms with Crippen molar-refractivity contribution >= 4 is 54.8 Å². The van der Waals surface area contributed by atoms with Crippen LogP contribution >= 0.6 is 7.82 Å². The van der Waals surface area contributed by atoms with E-state index in [9.17, 15) is 88.9 Å². The van der Waals surface area contributed by atoms with Gasteiger partial charge < -0.3 is 136 Å². The molecule has 0 saturated carbocycles. The van der Waals surface area contributed by atoms with Gasteiger partial charge in [0.05, 0.1) is 66.1 Å². The van der Waals surface area contributed by atoms with Gasteiger partial charge in [0, 0.05) is 106 Å². The van der Waals surface area contributed by atoms with E-state index in [0.29, 0.717) is 45.8 Å². The van der Waals surface area contributed by atoms with Gasteiger partial charge in [-0.25, -0.2) is 4.57 Å². The van der Waals surface area contributed by atoms with Crippen molar-refractivity contribution in [3.05, 3.63) is 0 Å². The minimum absolute atomic E-state index is 0.0133. The zero-order valence-corrected chi connectivity index (χ0v) is 80.6. The molecule has 3 aliphatic heterocycles. The summed E-state index contributed by atoms with van der Waals surface area (Å²) in [4.78, 5) is 110. The molecule has 38 nitrogen and oxygen atoms in total. The molecule has 130 heavy (non-hydrogen) atoms. The molecule has 0 aromatic heterocycles. The van der Waals surface area contributed by atoms with E-state index in [4.69, 9.17) is 58.0 Å². The van der Waals surface area contributed by atoms with Crippen molar-refractivity contribution in [2.24, 2.45) is 5.73 Å². The number of aliphatic hydroxyl groups is 9. The molecule has 0 spiro atoms. The molecular weight excluding hydrogens is 1720 g/mol. The molecule has 16 atom stereocenters. The number of hydrogen-bond acceptors (Lipinski definition) is 31. The van der Waals surface area contributed by atoms with E-state index in [1.165, 1.54) is 27.9 Å². The fraction of sp³-hybridized carbons (Fsp3) is 0.912. The van der Waals surface area contributed by atoms with Crippen molar-refractivity contribution in [2.45, 2.75) is 415 Å². The van der Waals surface area contributed by atoms with Gasteiger partial charge in [0.15, 0.2) is 18.9 Å². The topological polar surface area (TPSA) is 565 Å². The molecule has 0 radical (unpaired) electrons. The summed E-state index contributed by atoms with van der Waals surface area (Å²) in [7, 11) is -1.15. The summed E-state index contributed by atoms with van der Waals surface area (Å²) >= 11 is 0. The zero-order chi connectivity index (χ0) is 96.4.